The summed E-state index contributed by atoms with van der Waals surface area (Å²) in [5.41, 5.74) is 1.49. The number of nitrogens with one attached hydrogen (secondary N) is 2. The minimum absolute atomic E-state index is 0.0923. The minimum Gasteiger partial charge on any atom is -0.458 e. The second-order valence-electron chi connectivity index (χ2n) is 7.91. The van der Waals surface area contributed by atoms with Crippen molar-refractivity contribution in [3.63, 3.8) is 0 Å². The average molecular weight is 432 g/mol. The monoisotopic (exact) mass is 431 g/mol. The third-order valence-corrected chi connectivity index (χ3v) is 4.45. The fourth-order valence-electron chi connectivity index (χ4n) is 2.86. The normalized spacial score (nSPS) is 14.5. The quantitative estimate of drug-likeness (QED) is 0.592. The number of H-pyrrole nitrogens is 1. The van der Waals surface area contributed by atoms with Crippen LogP contribution < -0.4 is 10.1 Å². The Balaban J connectivity index is 1.41. The highest BCUT2D eigenvalue weighted by atomic mass is 35.5. The molecule has 1 fully saturated rings. The predicted octanol–water partition coefficient (Wildman–Crippen LogP) is 3.01. The van der Waals surface area contributed by atoms with E-state index in [1.807, 2.05) is 32.9 Å². The molecule has 0 aliphatic carbocycles. The number of nitrogens with zero attached hydrogens (tertiary/aromatic N) is 5. The fourth-order valence-corrected chi connectivity index (χ4v) is 3.03. The van der Waals surface area contributed by atoms with Crippen molar-refractivity contribution in [2.75, 3.05) is 18.4 Å². The van der Waals surface area contributed by atoms with Crippen LogP contribution in [-0.4, -0.2) is 60.7 Å². The number of aromatic nitrogens is 5. The zero-order chi connectivity index (χ0) is 21.3. The van der Waals surface area contributed by atoms with E-state index in [1.165, 1.54) is 0 Å². The summed E-state index contributed by atoms with van der Waals surface area (Å²) in [5.74, 6) is 0.497. The maximum absolute atomic E-state index is 12.0. The van der Waals surface area contributed by atoms with E-state index < -0.39 is 5.60 Å². The van der Waals surface area contributed by atoms with Gasteiger partial charge in [-0.2, -0.15) is 15.0 Å². The number of hydrogen-bond donors (Lipinski definition) is 2. The molecule has 0 unspecified atom stereocenters. The van der Waals surface area contributed by atoms with Gasteiger partial charge >= 0.3 is 6.09 Å². The van der Waals surface area contributed by atoms with Gasteiger partial charge in [0.25, 0.3) is 6.01 Å². The van der Waals surface area contributed by atoms with Gasteiger partial charge in [0.2, 0.25) is 5.28 Å². The maximum atomic E-state index is 12.0. The van der Waals surface area contributed by atoms with Crippen LogP contribution in [0.25, 0.3) is 11.2 Å². The lowest BCUT2D eigenvalue weighted by Gasteiger charge is -2.38. The Labute approximate surface area is 178 Å². The lowest BCUT2D eigenvalue weighted by Crippen LogP contribution is -2.57. The zero-order valence-electron chi connectivity index (χ0n) is 16.8. The first-order valence-electron chi connectivity index (χ1n) is 9.47. The third kappa shape index (κ3) is 4.70. The SMILES string of the molecule is CC(C)(C)OC(=O)N1CC(Oc2nc3c(NCc4ccncc4)nc(Cl)nc3[nH]2)C1. The molecule has 10 nitrogen and oxygen atoms in total. The molecule has 4 rings (SSSR count). The first-order valence-corrected chi connectivity index (χ1v) is 9.85. The summed E-state index contributed by atoms with van der Waals surface area (Å²) in [6, 6.07) is 4.10. The summed E-state index contributed by atoms with van der Waals surface area (Å²) < 4.78 is 11.2. The van der Waals surface area contributed by atoms with Crippen LogP contribution in [0.2, 0.25) is 5.28 Å². The van der Waals surface area contributed by atoms with Crippen LogP contribution in [0.5, 0.6) is 6.01 Å². The van der Waals surface area contributed by atoms with Crippen LogP contribution in [0.4, 0.5) is 10.6 Å². The average Bonchev–Trinajstić information content (AvgIpc) is 3.04. The molecule has 0 spiro atoms. The molecule has 0 saturated carbocycles. The van der Waals surface area contributed by atoms with E-state index >= 15 is 0 Å². The summed E-state index contributed by atoms with van der Waals surface area (Å²) in [7, 11) is 0. The lowest BCUT2D eigenvalue weighted by atomic mass is 10.2. The molecule has 1 saturated heterocycles. The van der Waals surface area contributed by atoms with E-state index in [4.69, 9.17) is 21.1 Å². The number of likely N-dealkylation sites (tertiary alicyclic amines) is 1. The first-order chi connectivity index (χ1) is 14.3. The summed E-state index contributed by atoms with van der Waals surface area (Å²) in [4.78, 5) is 33.5. The number of halogens is 1. The number of hydrogen-bond acceptors (Lipinski definition) is 8. The third-order valence-electron chi connectivity index (χ3n) is 4.28. The first kappa shape index (κ1) is 20.1. The van der Waals surface area contributed by atoms with Crippen molar-refractivity contribution in [1.29, 1.82) is 0 Å². The molecule has 158 valence electrons. The molecular weight excluding hydrogens is 410 g/mol. The number of carbonyl (C=O) groups excluding carboxylic acids is 1. The predicted molar refractivity (Wildman–Crippen MR) is 110 cm³/mol. The number of ether oxygens (including phenoxy) is 2. The molecule has 0 aromatic carbocycles. The molecular formula is C19H22ClN7O3. The molecule has 1 aliphatic rings. The van der Waals surface area contributed by atoms with Gasteiger partial charge in [-0.05, 0) is 50.1 Å². The van der Waals surface area contributed by atoms with E-state index in [0.717, 1.165) is 5.56 Å². The number of rotatable bonds is 5. The van der Waals surface area contributed by atoms with Crippen molar-refractivity contribution in [3.8, 4) is 6.01 Å². The van der Waals surface area contributed by atoms with Gasteiger partial charge in [-0.3, -0.25) is 9.97 Å². The second kappa shape index (κ2) is 7.94. The summed E-state index contributed by atoms with van der Waals surface area (Å²) in [5, 5.41) is 3.30. The van der Waals surface area contributed by atoms with Crippen molar-refractivity contribution in [3.05, 3.63) is 35.4 Å². The summed E-state index contributed by atoms with van der Waals surface area (Å²) >= 11 is 6.05. The Bertz CT molecular complexity index is 1050. The highest BCUT2D eigenvalue weighted by Crippen LogP contribution is 2.25. The van der Waals surface area contributed by atoms with Gasteiger partial charge in [0.15, 0.2) is 17.0 Å². The van der Waals surface area contributed by atoms with E-state index in [9.17, 15) is 4.79 Å². The van der Waals surface area contributed by atoms with Crippen LogP contribution in [0.3, 0.4) is 0 Å². The number of amides is 1. The molecule has 1 amide bonds. The van der Waals surface area contributed by atoms with Gasteiger partial charge < -0.3 is 19.7 Å². The molecule has 3 aromatic rings. The number of anilines is 1. The topological polar surface area (TPSA) is 118 Å². The van der Waals surface area contributed by atoms with E-state index in [0.29, 0.717) is 42.6 Å². The van der Waals surface area contributed by atoms with Gasteiger partial charge in [0, 0.05) is 18.9 Å². The van der Waals surface area contributed by atoms with Crippen molar-refractivity contribution in [2.24, 2.45) is 0 Å². The van der Waals surface area contributed by atoms with Crippen molar-refractivity contribution >= 4 is 34.7 Å². The fraction of sp³-hybridized carbons (Fsp3) is 0.421. The molecule has 4 heterocycles. The molecule has 0 radical (unpaired) electrons. The molecule has 11 heteroatoms. The van der Waals surface area contributed by atoms with E-state index in [2.05, 4.69) is 30.2 Å². The maximum Gasteiger partial charge on any atom is 0.410 e. The Morgan fingerprint density at radius 3 is 2.70 bits per heavy atom. The smallest absolute Gasteiger partial charge is 0.410 e. The molecule has 0 atom stereocenters. The molecule has 3 aromatic heterocycles. The summed E-state index contributed by atoms with van der Waals surface area (Å²) in [6.45, 7) is 6.87. The number of pyridine rings is 1. The number of fused-ring (bicyclic) bond motifs is 1. The highest BCUT2D eigenvalue weighted by molar-refractivity contribution is 6.28. The number of carbonyl (C=O) groups is 1. The second-order valence-corrected chi connectivity index (χ2v) is 8.25. The standard InChI is InChI=1S/C19H22ClN7O3/c1-19(2,3)30-18(28)27-9-12(10-27)29-17-23-13-14(24-16(20)25-15(13)26-17)22-8-11-4-6-21-7-5-11/h4-7,12H,8-10H2,1-3H3,(H2,22,23,24,25,26). The van der Waals surface area contributed by atoms with Crippen molar-refractivity contribution in [2.45, 2.75) is 39.0 Å². The van der Waals surface area contributed by atoms with Gasteiger partial charge in [-0.1, -0.05) is 0 Å². The Hall–Kier alpha value is -3.14. The van der Waals surface area contributed by atoms with Gasteiger partial charge in [0.1, 0.15) is 11.7 Å². The minimum atomic E-state index is -0.528. The Morgan fingerprint density at radius 1 is 1.27 bits per heavy atom. The largest absolute Gasteiger partial charge is 0.458 e. The van der Waals surface area contributed by atoms with Crippen LogP contribution in [0, 0.1) is 0 Å². The van der Waals surface area contributed by atoms with Gasteiger partial charge in [0.05, 0.1) is 13.1 Å². The summed E-state index contributed by atoms with van der Waals surface area (Å²) in [6.07, 6.45) is 2.90. The van der Waals surface area contributed by atoms with Crippen LogP contribution in [0.1, 0.15) is 26.3 Å². The van der Waals surface area contributed by atoms with Crippen molar-refractivity contribution < 1.29 is 14.3 Å². The van der Waals surface area contributed by atoms with Gasteiger partial charge in [-0.15, -0.1) is 0 Å². The molecule has 0 bridgehead atoms. The molecule has 30 heavy (non-hydrogen) atoms. The van der Waals surface area contributed by atoms with E-state index in [1.54, 1.807) is 17.3 Å². The highest BCUT2D eigenvalue weighted by Gasteiger charge is 2.35. The Morgan fingerprint density at radius 2 is 2.00 bits per heavy atom. The van der Waals surface area contributed by atoms with Crippen LogP contribution in [0.15, 0.2) is 24.5 Å². The van der Waals surface area contributed by atoms with Crippen LogP contribution in [-0.2, 0) is 11.3 Å². The number of imidazole rings is 1. The number of aromatic amines is 1. The zero-order valence-corrected chi connectivity index (χ0v) is 17.6. The Kier molecular flexibility index (Phi) is 5.33. The van der Waals surface area contributed by atoms with E-state index in [-0.39, 0.29) is 17.5 Å². The molecule has 1 aliphatic heterocycles. The van der Waals surface area contributed by atoms with Crippen molar-refractivity contribution in [1.82, 2.24) is 29.8 Å². The van der Waals surface area contributed by atoms with Gasteiger partial charge in [-0.25, -0.2) is 4.79 Å². The van der Waals surface area contributed by atoms with Crippen LogP contribution >= 0.6 is 11.6 Å². The molecule has 2 N–H and O–H groups in total. The lowest BCUT2D eigenvalue weighted by molar-refractivity contribution is -0.0241.